The summed E-state index contributed by atoms with van der Waals surface area (Å²) in [6, 6.07) is 10.4. The van der Waals surface area contributed by atoms with Crippen LogP contribution >= 0.6 is 22.7 Å². The maximum Gasteiger partial charge on any atom is 0.223 e. The highest BCUT2D eigenvalue weighted by Crippen LogP contribution is 2.33. The predicted molar refractivity (Wildman–Crippen MR) is 117 cm³/mol. The van der Waals surface area contributed by atoms with Crippen molar-refractivity contribution >= 4 is 28.6 Å². The van der Waals surface area contributed by atoms with Crippen molar-refractivity contribution < 1.29 is 0 Å². The Bertz CT molecular complexity index is 1200. The molecule has 0 amide bonds. The third-order valence-corrected chi connectivity index (χ3v) is 5.88. The maximum atomic E-state index is 4.77. The van der Waals surface area contributed by atoms with Crippen LogP contribution in [0.3, 0.4) is 0 Å². The van der Waals surface area contributed by atoms with Crippen molar-refractivity contribution in [3.63, 3.8) is 0 Å². The Morgan fingerprint density at radius 1 is 1.07 bits per heavy atom. The molecule has 6 nitrogen and oxygen atoms in total. The molecule has 0 spiro atoms. The van der Waals surface area contributed by atoms with Crippen LogP contribution < -0.4 is 5.32 Å². The molecular weight excluding hydrogens is 400 g/mol. The number of nitrogens with one attached hydrogen (secondary N) is 1. The number of hydrogen-bond donors (Lipinski definition) is 1. The first kappa shape index (κ1) is 17.7. The van der Waals surface area contributed by atoms with Crippen molar-refractivity contribution in [2.75, 3.05) is 5.32 Å². The van der Waals surface area contributed by atoms with Gasteiger partial charge in [0.25, 0.3) is 0 Å². The molecule has 0 aliphatic carbocycles. The Labute approximate surface area is 175 Å². The number of anilines is 1. The fraction of sp³-hybridized carbons (Fsp3) is 0.0476. The first-order chi connectivity index (χ1) is 14.4. The Kier molecular flexibility index (Phi) is 4.85. The molecule has 0 bridgehead atoms. The number of nitrogens with zero attached hydrogens (tertiary/aromatic N) is 5. The molecule has 0 fully saturated rings. The first-order valence-electron chi connectivity index (χ1n) is 8.97. The standard InChI is InChI=1S/C21H16N6S2/c1-2-15(10-17(3-1)27-7-5-22-14-27)11-24-21-25-12-18(16-4-8-28-13-16)19(26-21)20-23-6-9-29-20/h1-10,12-14H,11H2,(H,24,25,26). The zero-order valence-corrected chi connectivity index (χ0v) is 16.9. The lowest BCUT2D eigenvalue weighted by molar-refractivity contribution is 1.03. The largest absolute Gasteiger partial charge is 0.350 e. The summed E-state index contributed by atoms with van der Waals surface area (Å²) in [6.07, 6.45) is 9.16. The van der Waals surface area contributed by atoms with Gasteiger partial charge in [-0.15, -0.1) is 11.3 Å². The van der Waals surface area contributed by atoms with Gasteiger partial charge in [-0.3, -0.25) is 0 Å². The number of aromatic nitrogens is 5. The van der Waals surface area contributed by atoms with E-state index in [0.717, 1.165) is 33.1 Å². The molecule has 0 saturated carbocycles. The molecule has 0 aliphatic heterocycles. The average Bonchev–Trinajstić information content (AvgIpc) is 3.55. The summed E-state index contributed by atoms with van der Waals surface area (Å²) < 4.78 is 1.98. The topological polar surface area (TPSA) is 68.5 Å². The van der Waals surface area contributed by atoms with Crippen LogP contribution in [-0.2, 0) is 6.54 Å². The van der Waals surface area contributed by atoms with E-state index in [9.17, 15) is 0 Å². The molecule has 5 aromatic rings. The maximum absolute atomic E-state index is 4.77. The predicted octanol–water partition coefficient (Wildman–Crippen LogP) is 5.13. The molecule has 29 heavy (non-hydrogen) atoms. The summed E-state index contributed by atoms with van der Waals surface area (Å²) in [5.41, 5.74) is 5.16. The minimum atomic E-state index is 0.585. The van der Waals surface area contributed by atoms with Gasteiger partial charge in [0.2, 0.25) is 5.95 Å². The van der Waals surface area contributed by atoms with Gasteiger partial charge in [0, 0.05) is 48.0 Å². The Morgan fingerprint density at radius 3 is 2.86 bits per heavy atom. The normalized spacial score (nSPS) is 10.9. The highest BCUT2D eigenvalue weighted by Gasteiger charge is 2.14. The van der Waals surface area contributed by atoms with E-state index in [-0.39, 0.29) is 0 Å². The zero-order valence-electron chi connectivity index (χ0n) is 15.3. The summed E-state index contributed by atoms with van der Waals surface area (Å²) in [5, 5.41) is 10.3. The second-order valence-corrected chi connectivity index (χ2v) is 7.97. The van der Waals surface area contributed by atoms with Crippen molar-refractivity contribution in [2.24, 2.45) is 0 Å². The minimum absolute atomic E-state index is 0.585. The third kappa shape index (κ3) is 3.80. The Morgan fingerprint density at radius 2 is 2.07 bits per heavy atom. The van der Waals surface area contributed by atoms with E-state index in [0.29, 0.717) is 12.5 Å². The third-order valence-electron chi connectivity index (χ3n) is 4.42. The smallest absolute Gasteiger partial charge is 0.223 e. The van der Waals surface area contributed by atoms with Crippen molar-refractivity contribution in [1.82, 2.24) is 24.5 Å². The summed E-state index contributed by atoms with van der Waals surface area (Å²) in [7, 11) is 0. The molecular formula is C21H16N6S2. The van der Waals surface area contributed by atoms with Crippen LogP contribution in [-0.4, -0.2) is 24.5 Å². The lowest BCUT2D eigenvalue weighted by atomic mass is 10.1. The van der Waals surface area contributed by atoms with Gasteiger partial charge >= 0.3 is 0 Å². The molecule has 0 unspecified atom stereocenters. The van der Waals surface area contributed by atoms with Crippen LogP contribution in [0.4, 0.5) is 5.95 Å². The van der Waals surface area contributed by atoms with E-state index in [1.165, 1.54) is 0 Å². The fourth-order valence-corrected chi connectivity index (χ4v) is 4.31. The van der Waals surface area contributed by atoms with Gasteiger partial charge < -0.3 is 9.88 Å². The second kappa shape index (κ2) is 7.94. The molecule has 0 saturated heterocycles. The molecule has 4 aromatic heterocycles. The molecule has 1 aromatic carbocycles. The van der Waals surface area contributed by atoms with E-state index < -0.39 is 0 Å². The van der Waals surface area contributed by atoms with Crippen LogP contribution in [0.25, 0.3) is 27.5 Å². The average molecular weight is 417 g/mol. The number of benzene rings is 1. The molecule has 0 radical (unpaired) electrons. The van der Waals surface area contributed by atoms with E-state index in [1.807, 2.05) is 28.4 Å². The molecule has 0 aliphatic rings. The van der Waals surface area contributed by atoms with Gasteiger partial charge in [0.15, 0.2) is 0 Å². The lowest BCUT2D eigenvalue weighted by Gasteiger charge is -2.10. The van der Waals surface area contributed by atoms with Crippen molar-refractivity contribution in [2.45, 2.75) is 6.54 Å². The van der Waals surface area contributed by atoms with Crippen LogP contribution in [0.5, 0.6) is 0 Å². The van der Waals surface area contributed by atoms with Gasteiger partial charge in [-0.1, -0.05) is 12.1 Å². The number of hydrogen-bond acceptors (Lipinski definition) is 7. The summed E-state index contributed by atoms with van der Waals surface area (Å²) >= 11 is 3.23. The number of thiophene rings is 1. The summed E-state index contributed by atoms with van der Waals surface area (Å²) in [5.74, 6) is 0.585. The fourth-order valence-electron chi connectivity index (χ4n) is 3.02. The first-order valence-corrected chi connectivity index (χ1v) is 10.8. The SMILES string of the molecule is c1cc(CNc2ncc(-c3ccsc3)c(-c3nccs3)n2)cc(-n2ccnc2)c1. The molecule has 0 atom stereocenters. The van der Waals surface area contributed by atoms with Gasteiger partial charge in [-0.25, -0.2) is 19.9 Å². The van der Waals surface area contributed by atoms with Gasteiger partial charge in [-0.2, -0.15) is 11.3 Å². The van der Waals surface area contributed by atoms with E-state index in [4.69, 9.17) is 4.98 Å². The van der Waals surface area contributed by atoms with Gasteiger partial charge in [0.1, 0.15) is 10.7 Å². The van der Waals surface area contributed by atoms with Crippen LogP contribution in [0.2, 0.25) is 0 Å². The Balaban J connectivity index is 1.41. The van der Waals surface area contributed by atoms with E-state index in [1.54, 1.807) is 41.4 Å². The van der Waals surface area contributed by atoms with Crippen LogP contribution in [0, 0.1) is 0 Å². The zero-order chi connectivity index (χ0) is 19.5. The highest BCUT2D eigenvalue weighted by atomic mass is 32.1. The van der Waals surface area contributed by atoms with Crippen molar-refractivity contribution in [3.05, 3.63) is 83.2 Å². The lowest BCUT2D eigenvalue weighted by Crippen LogP contribution is -2.05. The van der Waals surface area contributed by atoms with Gasteiger partial charge in [-0.05, 0) is 40.1 Å². The van der Waals surface area contributed by atoms with Gasteiger partial charge in [0.05, 0.1) is 6.33 Å². The second-order valence-electron chi connectivity index (χ2n) is 6.30. The van der Waals surface area contributed by atoms with E-state index >= 15 is 0 Å². The summed E-state index contributed by atoms with van der Waals surface area (Å²) in [6.45, 7) is 0.623. The number of thiazole rings is 1. The monoisotopic (exact) mass is 416 g/mol. The van der Waals surface area contributed by atoms with Crippen molar-refractivity contribution in [3.8, 4) is 27.5 Å². The number of rotatable bonds is 6. The van der Waals surface area contributed by atoms with Crippen LogP contribution in [0.1, 0.15) is 5.56 Å². The number of imidazole rings is 1. The summed E-state index contributed by atoms with van der Waals surface area (Å²) in [4.78, 5) is 17.9. The minimum Gasteiger partial charge on any atom is -0.350 e. The van der Waals surface area contributed by atoms with Crippen LogP contribution in [0.15, 0.2) is 77.6 Å². The van der Waals surface area contributed by atoms with Crippen molar-refractivity contribution in [1.29, 1.82) is 0 Å². The molecule has 1 N–H and O–H groups in total. The Hall–Kier alpha value is -3.36. The quantitative estimate of drug-likeness (QED) is 0.416. The molecule has 142 valence electrons. The molecule has 4 heterocycles. The highest BCUT2D eigenvalue weighted by molar-refractivity contribution is 7.13. The molecule has 8 heteroatoms. The molecule has 5 rings (SSSR count). The van der Waals surface area contributed by atoms with E-state index in [2.05, 4.69) is 55.3 Å².